The van der Waals surface area contributed by atoms with E-state index in [2.05, 4.69) is 10.3 Å². The van der Waals surface area contributed by atoms with Crippen molar-refractivity contribution < 1.29 is 9.90 Å². The summed E-state index contributed by atoms with van der Waals surface area (Å²) in [5.74, 6) is -0.370. The average molecular weight is 270 g/mol. The van der Waals surface area contributed by atoms with Crippen LogP contribution < -0.4 is 5.32 Å². The van der Waals surface area contributed by atoms with Gasteiger partial charge >= 0.3 is 5.97 Å². The van der Waals surface area contributed by atoms with Crippen molar-refractivity contribution in [3.63, 3.8) is 0 Å². The van der Waals surface area contributed by atoms with E-state index in [1.807, 2.05) is 39.0 Å². The molecule has 0 aliphatic rings. The highest BCUT2D eigenvalue weighted by molar-refractivity contribution is 5.89. The number of hydrogen-bond donors (Lipinski definition) is 2. The maximum absolute atomic E-state index is 11.2. The summed E-state index contributed by atoms with van der Waals surface area (Å²) in [7, 11) is 0. The van der Waals surface area contributed by atoms with E-state index in [0.29, 0.717) is 12.2 Å². The first-order valence-electron chi connectivity index (χ1n) is 6.58. The average Bonchev–Trinajstić information content (AvgIpc) is 2.42. The topological polar surface area (TPSA) is 62.2 Å². The van der Waals surface area contributed by atoms with Gasteiger partial charge in [0.1, 0.15) is 5.82 Å². The van der Waals surface area contributed by atoms with Crippen LogP contribution >= 0.6 is 0 Å². The summed E-state index contributed by atoms with van der Waals surface area (Å²) in [4.78, 5) is 15.6. The number of carbonyl (C=O) groups is 1. The van der Waals surface area contributed by atoms with Gasteiger partial charge in [-0.25, -0.2) is 9.78 Å². The molecule has 0 fully saturated rings. The summed E-state index contributed by atoms with van der Waals surface area (Å²) in [5, 5.41) is 12.4. The molecule has 0 atom stereocenters. The fraction of sp³-hybridized carbons (Fsp3) is 0.250. The van der Waals surface area contributed by atoms with Crippen LogP contribution in [0.1, 0.15) is 34.1 Å². The number of anilines is 2. The zero-order valence-electron chi connectivity index (χ0n) is 11.9. The number of carboxylic acid groups (broad SMARTS) is 1. The van der Waals surface area contributed by atoms with Crippen molar-refractivity contribution in [3.8, 4) is 0 Å². The van der Waals surface area contributed by atoms with E-state index < -0.39 is 5.97 Å². The fourth-order valence-electron chi connectivity index (χ4n) is 2.10. The SMILES string of the molecule is CCc1cc(C(=O)O)cc(Nc2c(C)cccc2C)n1. The summed E-state index contributed by atoms with van der Waals surface area (Å²) in [5.41, 5.74) is 4.20. The Morgan fingerprint density at radius 1 is 1.25 bits per heavy atom. The van der Waals surface area contributed by atoms with E-state index in [1.54, 1.807) is 12.1 Å². The Kier molecular flexibility index (Phi) is 4.03. The molecule has 0 amide bonds. The normalized spacial score (nSPS) is 10.3. The number of nitrogens with zero attached hydrogens (tertiary/aromatic N) is 1. The number of aryl methyl sites for hydroxylation is 3. The second-order valence-corrected chi connectivity index (χ2v) is 4.78. The van der Waals surface area contributed by atoms with Crippen molar-refractivity contribution in [2.75, 3.05) is 5.32 Å². The molecule has 2 aromatic rings. The maximum Gasteiger partial charge on any atom is 0.335 e. The minimum atomic E-state index is -0.938. The molecule has 1 aromatic heterocycles. The van der Waals surface area contributed by atoms with E-state index in [9.17, 15) is 4.79 Å². The van der Waals surface area contributed by atoms with Gasteiger partial charge in [-0.15, -0.1) is 0 Å². The van der Waals surface area contributed by atoms with Crippen LogP contribution in [-0.2, 0) is 6.42 Å². The Hall–Kier alpha value is -2.36. The minimum Gasteiger partial charge on any atom is -0.478 e. The highest BCUT2D eigenvalue weighted by Crippen LogP contribution is 2.24. The third-order valence-corrected chi connectivity index (χ3v) is 3.22. The van der Waals surface area contributed by atoms with Crippen molar-refractivity contribution >= 4 is 17.5 Å². The number of hydrogen-bond acceptors (Lipinski definition) is 3. The van der Waals surface area contributed by atoms with Crippen molar-refractivity contribution in [1.82, 2.24) is 4.98 Å². The second-order valence-electron chi connectivity index (χ2n) is 4.78. The van der Waals surface area contributed by atoms with Gasteiger partial charge in [-0.1, -0.05) is 25.1 Å². The lowest BCUT2D eigenvalue weighted by Gasteiger charge is -2.13. The lowest BCUT2D eigenvalue weighted by Crippen LogP contribution is -2.04. The quantitative estimate of drug-likeness (QED) is 0.889. The smallest absolute Gasteiger partial charge is 0.335 e. The number of rotatable bonds is 4. The van der Waals surface area contributed by atoms with Gasteiger partial charge in [0.25, 0.3) is 0 Å². The van der Waals surface area contributed by atoms with Crippen molar-refractivity contribution in [3.05, 3.63) is 52.7 Å². The molecule has 1 heterocycles. The van der Waals surface area contributed by atoms with E-state index >= 15 is 0 Å². The Balaban J connectivity index is 2.43. The van der Waals surface area contributed by atoms with Crippen LogP contribution in [0.15, 0.2) is 30.3 Å². The lowest BCUT2D eigenvalue weighted by atomic mass is 10.1. The van der Waals surface area contributed by atoms with Gasteiger partial charge in [0.2, 0.25) is 0 Å². The Morgan fingerprint density at radius 2 is 1.90 bits per heavy atom. The van der Waals surface area contributed by atoms with E-state index in [0.717, 1.165) is 22.5 Å². The molecule has 104 valence electrons. The van der Waals surface area contributed by atoms with Crippen molar-refractivity contribution in [2.45, 2.75) is 27.2 Å². The highest BCUT2D eigenvalue weighted by Gasteiger charge is 2.09. The Bertz CT molecular complexity index is 631. The summed E-state index contributed by atoms with van der Waals surface area (Å²) in [6.45, 7) is 5.98. The van der Waals surface area contributed by atoms with Gasteiger partial charge in [-0.3, -0.25) is 0 Å². The third-order valence-electron chi connectivity index (χ3n) is 3.22. The fourth-order valence-corrected chi connectivity index (χ4v) is 2.10. The Morgan fingerprint density at radius 3 is 2.45 bits per heavy atom. The summed E-state index contributed by atoms with van der Waals surface area (Å²) < 4.78 is 0. The predicted octanol–water partition coefficient (Wildman–Crippen LogP) is 3.70. The molecule has 0 unspecified atom stereocenters. The van der Waals surface area contributed by atoms with E-state index in [-0.39, 0.29) is 5.56 Å². The molecule has 0 saturated carbocycles. The van der Waals surface area contributed by atoms with E-state index in [4.69, 9.17) is 5.11 Å². The van der Waals surface area contributed by atoms with Crippen molar-refractivity contribution in [1.29, 1.82) is 0 Å². The minimum absolute atomic E-state index is 0.255. The van der Waals surface area contributed by atoms with E-state index in [1.165, 1.54) is 0 Å². The molecular formula is C16H18N2O2. The lowest BCUT2D eigenvalue weighted by molar-refractivity contribution is 0.0696. The third kappa shape index (κ3) is 2.96. The second kappa shape index (κ2) is 5.74. The number of carboxylic acids is 1. The molecule has 0 aliphatic heterocycles. The zero-order chi connectivity index (χ0) is 14.7. The van der Waals surface area contributed by atoms with Crippen LogP contribution in [-0.4, -0.2) is 16.1 Å². The van der Waals surface area contributed by atoms with Gasteiger partial charge in [0, 0.05) is 11.4 Å². The summed E-state index contributed by atoms with van der Waals surface area (Å²) >= 11 is 0. The molecule has 1 aromatic carbocycles. The first-order chi connectivity index (χ1) is 9.51. The summed E-state index contributed by atoms with van der Waals surface area (Å²) in [6.07, 6.45) is 0.697. The highest BCUT2D eigenvalue weighted by atomic mass is 16.4. The zero-order valence-corrected chi connectivity index (χ0v) is 11.9. The molecule has 0 bridgehead atoms. The van der Waals surface area contributed by atoms with Gasteiger partial charge in [0.15, 0.2) is 0 Å². The van der Waals surface area contributed by atoms with Gasteiger partial charge in [-0.05, 0) is 43.5 Å². The molecule has 0 saturated heterocycles. The molecular weight excluding hydrogens is 252 g/mol. The standard InChI is InChI=1S/C16H18N2O2/c1-4-13-8-12(16(19)20)9-14(17-13)18-15-10(2)6-5-7-11(15)3/h5-9H,4H2,1-3H3,(H,17,18)(H,19,20). The summed E-state index contributed by atoms with van der Waals surface area (Å²) in [6, 6.07) is 9.19. The predicted molar refractivity (Wildman–Crippen MR) is 79.8 cm³/mol. The molecule has 0 aliphatic carbocycles. The van der Waals surface area contributed by atoms with Gasteiger partial charge in [-0.2, -0.15) is 0 Å². The largest absolute Gasteiger partial charge is 0.478 e. The van der Waals surface area contributed by atoms with Crippen molar-refractivity contribution in [2.24, 2.45) is 0 Å². The van der Waals surface area contributed by atoms with Crippen LogP contribution in [0, 0.1) is 13.8 Å². The molecule has 2 N–H and O–H groups in total. The van der Waals surface area contributed by atoms with Crippen LogP contribution in [0.5, 0.6) is 0 Å². The van der Waals surface area contributed by atoms with Crippen LogP contribution in [0.3, 0.4) is 0 Å². The molecule has 4 heteroatoms. The number of aromatic nitrogens is 1. The molecule has 2 rings (SSSR count). The monoisotopic (exact) mass is 270 g/mol. The number of nitrogens with one attached hydrogen (secondary N) is 1. The Labute approximate surface area is 118 Å². The number of aromatic carboxylic acids is 1. The molecule has 20 heavy (non-hydrogen) atoms. The number of para-hydroxylation sites is 1. The molecule has 0 radical (unpaired) electrons. The van der Waals surface area contributed by atoms with Gasteiger partial charge in [0.05, 0.1) is 5.56 Å². The first kappa shape index (κ1) is 14.1. The molecule has 0 spiro atoms. The molecule has 4 nitrogen and oxygen atoms in total. The van der Waals surface area contributed by atoms with Crippen LogP contribution in [0.2, 0.25) is 0 Å². The van der Waals surface area contributed by atoms with Gasteiger partial charge < -0.3 is 10.4 Å². The first-order valence-corrected chi connectivity index (χ1v) is 6.58. The van der Waals surface area contributed by atoms with Crippen LogP contribution in [0.4, 0.5) is 11.5 Å². The number of benzene rings is 1. The van der Waals surface area contributed by atoms with Crippen LogP contribution in [0.25, 0.3) is 0 Å². The maximum atomic E-state index is 11.2. The number of pyridine rings is 1.